The van der Waals surface area contributed by atoms with E-state index in [0.717, 1.165) is 24.7 Å². The summed E-state index contributed by atoms with van der Waals surface area (Å²) in [5, 5.41) is 1.29. The molecule has 1 aromatic rings. The Balaban J connectivity index is 2.23. The molecule has 0 aliphatic carbocycles. The summed E-state index contributed by atoms with van der Waals surface area (Å²) in [4.78, 5) is 19.3. The lowest BCUT2D eigenvalue weighted by Crippen LogP contribution is -2.30. The lowest BCUT2D eigenvalue weighted by molar-refractivity contribution is 0.0999. The van der Waals surface area contributed by atoms with Crippen molar-refractivity contribution < 1.29 is 9.53 Å². The normalized spacial score (nSPS) is 18.2. The fraction of sp³-hybridized carbons (Fsp3) is 0.556. The minimum atomic E-state index is -0.310. The van der Waals surface area contributed by atoms with Gasteiger partial charge in [0.25, 0.3) is 5.91 Å². The fourth-order valence-corrected chi connectivity index (χ4v) is 3.99. The van der Waals surface area contributed by atoms with Crippen molar-refractivity contribution in [3.63, 3.8) is 0 Å². The summed E-state index contributed by atoms with van der Waals surface area (Å²) < 4.78 is 5.32. The van der Waals surface area contributed by atoms with E-state index in [-0.39, 0.29) is 10.7 Å². The molecule has 4 nitrogen and oxygen atoms in total. The second-order valence-electron chi connectivity index (χ2n) is 6.53. The second kappa shape index (κ2) is 8.26. The minimum Gasteiger partial charge on any atom is -0.496 e. The van der Waals surface area contributed by atoms with Crippen molar-refractivity contribution in [3.05, 3.63) is 28.8 Å². The predicted molar refractivity (Wildman–Crippen MR) is 103 cm³/mol. The second-order valence-corrected chi connectivity index (χ2v) is 8.65. The smallest absolute Gasteiger partial charge is 0.283 e. The first-order valence-corrected chi connectivity index (χ1v) is 9.46. The first-order valence-electron chi connectivity index (χ1n) is 8.27. The van der Waals surface area contributed by atoms with Gasteiger partial charge in [-0.2, -0.15) is 4.99 Å². The van der Waals surface area contributed by atoms with Crippen LogP contribution < -0.4 is 4.74 Å². The van der Waals surface area contributed by atoms with Gasteiger partial charge in [-0.15, -0.1) is 0 Å². The third-order valence-electron chi connectivity index (χ3n) is 3.83. The predicted octanol–water partition coefficient (Wildman–Crippen LogP) is 4.86. The number of carbonyl (C=O) groups is 1. The van der Waals surface area contributed by atoms with E-state index < -0.39 is 0 Å². The maximum Gasteiger partial charge on any atom is 0.283 e. The molecule has 1 saturated heterocycles. The Bertz CT molecular complexity index is 631. The van der Waals surface area contributed by atoms with Crippen LogP contribution in [0.3, 0.4) is 0 Å². The molecule has 0 N–H and O–H groups in total. The van der Waals surface area contributed by atoms with Gasteiger partial charge >= 0.3 is 0 Å². The Morgan fingerprint density at radius 1 is 1.42 bits per heavy atom. The van der Waals surface area contributed by atoms with Crippen molar-refractivity contribution in [3.8, 4) is 5.75 Å². The number of ether oxygens (including phenoxy) is 1. The number of methoxy groups -OCH3 is 1. The quantitative estimate of drug-likeness (QED) is 0.672. The standard InChI is InChI=1S/C18H25ClN2O2S/c1-5-6-7-10-21-12-18(2,3)24-17(21)20-16(22)14-11-13(19)8-9-15(14)23-4/h8-9,11H,5-7,10,12H2,1-4H3/b20-17-. The number of aliphatic imine (C=N–C) groups is 1. The summed E-state index contributed by atoms with van der Waals surface area (Å²) in [5.41, 5.74) is 0.399. The van der Waals surface area contributed by atoms with Gasteiger partial charge < -0.3 is 9.64 Å². The number of nitrogens with zero attached hydrogens (tertiary/aromatic N) is 2. The molecular weight excluding hydrogens is 344 g/mol. The zero-order valence-corrected chi connectivity index (χ0v) is 16.3. The van der Waals surface area contributed by atoms with Gasteiger partial charge in [0, 0.05) is 22.9 Å². The van der Waals surface area contributed by atoms with Crippen molar-refractivity contribution in [2.75, 3.05) is 20.2 Å². The molecule has 0 aromatic heterocycles. The van der Waals surface area contributed by atoms with Gasteiger partial charge in [-0.25, -0.2) is 0 Å². The van der Waals surface area contributed by atoms with Crippen LogP contribution in [0.4, 0.5) is 0 Å². The number of hydrogen-bond donors (Lipinski definition) is 0. The van der Waals surface area contributed by atoms with E-state index in [1.165, 1.54) is 20.0 Å². The molecule has 2 rings (SSSR count). The molecule has 24 heavy (non-hydrogen) atoms. The number of rotatable bonds is 6. The van der Waals surface area contributed by atoms with E-state index in [9.17, 15) is 4.79 Å². The minimum absolute atomic E-state index is 0.0593. The summed E-state index contributed by atoms with van der Waals surface area (Å²) in [6.07, 6.45) is 3.47. The van der Waals surface area contributed by atoms with E-state index in [4.69, 9.17) is 16.3 Å². The van der Waals surface area contributed by atoms with Crippen molar-refractivity contribution in [2.24, 2.45) is 4.99 Å². The fourth-order valence-electron chi connectivity index (χ4n) is 2.69. The van der Waals surface area contributed by atoms with E-state index >= 15 is 0 Å². The number of benzene rings is 1. The Morgan fingerprint density at radius 2 is 2.17 bits per heavy atom. The van der Waals surface area contributed by atoms with Crippen molar-refractivity contribution in [2.45, 2.75) is 44.8 Å². The average molecular weight is 369 g/mol. The number of amidine groups is 1. The topological polar surface area (TPSA) is 41.9 Å². The van der Waals surface area contributed by atoms with Crippen LogP contribution in [0, 0.1) is 0 Å². The lowest BCUT2D eigenvalue weighted by Gasteiger charge is -2.19. The zero-order valence-electron chi connectivity index (χ0n) is 14.8. The van der Waals surface area contributed by atoms with Crippen LogP contribution in [-0.4, -0.2) is 40.9 Å². The number of carbonyl (C=O) groups excluding carboxylic acids is 1. The number of thioether (sulfide) groups is 1. The number of amides is 1. The van der Waals surface area contributed by atoms with E-state index in [1.54, 1.807) is 30.0 Å². The molecule has 6 heteroatoms. The number of halogens is 1. The summed E-state index contributed by atoms with van der Waals surface area (Å²) in [5.74, 6) is 0.184. The summed E-state index contributed by atoms with van der Waals surface area (Å²) in [6.45, 7) is 8.38. The molecule has 0 spiro atoms. The largest absolute Gasteiger partial charge is 0.496 e. The highest BCUT2D eigenvalue weighted by atomic mass is 35.5. The molecule has 0 radical (unpaired) electrons. The van der Waals surface area contributed by atoms with E-state index in [1.807, 2.05) is 0 Å². The van der Waals surface area contributed by atoms with Crippen LogP contribution in [0.5, 0.6) is 5.75 Å². The summed E-state index contributed by atoms with van der Waals surface area (Å²) in [7, 11) is 1.54. The third kappa shape index (κ3) is 4.90. The van der Waals surface area contributed by atoms with Crippen molar-refractivity contribution in [1.29, 1.82) is 0 Å². The van der Waals surface area contributed by atoms with Crippen LogP contribution in [0.1, 0.15) is 50.4 Å². The number of unbranched alkanes of at least 4 members (excludes halogenated alkanes) is 2. The molecule has 0 saturated carbocycles. The molecule has 0 unspecified atom stereocenters. The van der Waals surface area contributed by atoms with E-state index in [0.29, 0.717) is 16.3 Å². The van der Waals surface area contributed by atoms with Gasteiger partial charge in [-0.3, -0.25) is 4.79 Å². The average Bonchev–Trinajstić information content (AvgIpc) is 2.81. The molecule has 0 atom stereocenters. The van der Waals surface area contributed by atoms with Gasteiger partial charge in [0.15, 0.2) is 5.17 Å². The van der Waals surface area contributed by atoms with Gasteiger partial charge in [0.2, 0.25) is 0 Å². The molecule has 1 aliphatic rings. The van der Waals surface area contributed by atoms with Crippen LogP contribution in [0.15, 0.2) is 23.2 Å². The van der Waals surface area contributed by atoms with Gasteiger partial charge in [-0.05, 0) is 38.5 Å². The molecule has 1 aromatic carbocycles. The van der Waals surface area contributed by atoms with Gasteiger partial charge in [0.05, 0.1) is 12.7 Å². The molecule has 1 fully saturated rings. The maximum atomic E-state index is 12.7. The zero-order chi connectivity index (χ0) is 17.7. The van der Waals surface area contributed by atoms with Crippen molar-refractivity contribution in [1.82, 2.24) is 4.90 Å². The third-order valence-corrected chi connectivity index (χ3v) is 5.28. The van der Waals surface area contributed by atoms with Gasteiger partial charge in [0.1, 0.15) is 5.75 Å². The van der Waals surface area contributed by atoms with Crippen LogP contribution >= 0.6 is 23.4 Å². The van der Waals surface area contributed by atoms with Crippen LogP contribution in [-0.2, 0) is 0 Å². The highest BCUT2D eigenvalue weighted by molar-refractivity contribution is 8.15. The Hall–Kier alpha value is -1.20. The van der Waals surface area contributed by atoms with Crippen LogP contribution in [0.25, 0.3) is 0 Å². The molecule has 1 amide bonds. The Morgan fingerprint density at radius 3 is 2.83 bits per heavy atom. The van der Waals surface area contributed by atoms with E-state index in [2.05, 4.69) is 30.7 Å². The molecule has 0 bridgehead atoms. The molecule has 132 valence electrons. The lowest BCUT2D eigenvalue weighted by atomic mass is 10.2. The molecular formula is C18H25ClN2O2S. The SMILES string of the molecule is CCCCCN1CC(C)(C)S/C1=N\C(=O)c1cc(Cl)ccc1OC. The summed E-state index contributed by atoms with van der Waals surface area (Å²) in [6, 6.07) is 5.01. The monoisotopic (exact) mass is 368 g/mol. The highest BCUT2D eigenvalue weighted by Crippen LogP contribution is 2.36. The first kappa shape index (κ1) is 19.1. The summed E-state index contributed by atoms with van der Waals surface area (Å²) >= 11 is 7.68. The highest BCUT2D eigenvalue weighted by Gasteiger charge is 2.35. The van der Waals surface area contributed by atoms with Gasteiger partial charge in [-0.1, -0.05) is 43.1 Å². The number of hydrogen-bond acceptors (Lipinski definition) is 3. The van der Waals surface area contributed by atoms with Crippen molar-refractivity contribution >= 4 is 34.4 Å². The van der Waals surface area contributed by atoms with Crippen LogP contribution in [0.2, 0.25) is 5.02 Å². The molecule has 1 aliphatic heterocycles. The maximum absolute atomic E-state index is 12.7. The molecule has 1 heterocycles. The Kier molecular flexibility index (Phi) is 6.58. The first-order chi connectivity index (χ1) is 11.4. The Labute approximate surface area is 153 Å².